The maximum atomic E-state index is 13.1. The van der Waals surface area contributed by atoms with Gasteiger partial charge >= 0.3 is 0 Å². The number of hydrogen-bond acceptors (Lipinski definition) is 6. The Labute approximate surface area is 167 Å². The first kappa shape index (κ1) is 19.4. The number of ketones is 1. The molecule has 0 saturated carbocycles. The molecule has 7 nitrogen and oxygen atoms in total. The van der Waals surface area contributed by atoms with Gasteiger partial charge in [-0.3, -0.25) is 4.79 Å². The van der Waals surface area contributed by atoms with E-state index < -0.39 is 0 Å². The van der Waals surface area contributed by atoms with E-state index in [4.69, 9.17) is 25.8 Å². The van der Waals surface area contributed by atoms with Crippen LogP contribution in [0.3, 0.4) is 0 Å². The fraction of sp³-hybridized carbons (Fsp3) is 0.150. The van der Waals surface area contributed by atoms with Gasteiger partial charge in [0.05, 0.1) is 21.3 Å². The number of rotatable bonds is 7. The molecule has 144 valence electrons. The molecule has 0 atom stereocenters. The summed E-state index contributed by atoms with van der Waals surface area (Å²) in [6, 6.07) is 10.1. The highest BCUT2D eigenvalue weighted by molar-refractivity contribution is 6.31. The van der Waals surface area contributed by atoms with Crippen molar-refractivity contribution in [3.05, 3.63) is 65.2 Å². The van der Waals surface area contributed by atoms with Crippen LogP contribution in [0.1, 0.15) is 15.9 Å². The van der Waals surface area contributed by atoms with Crippen LogP contribution in [0.2, 0.25) is 5.02 Å². The minimum Gasteiger partial charge on any atom is -0.493 e. The molecule has 0 radical (unpaired) electrons. The highest BCUT2D eigenvalue weighted by atomic mass is 35.5. The molecule has 0 aliphatic carbocycles. The van der Waals surface area contributed by atoms with Crippen molar-refractivity contribution < 1.29 is 19.0 Å². The van der Waals surface area contributed by atoms with Crippen LogP contribution in [0.25, 0.3) is 11.8 Å². The molecule has 2 aromatic carbocycles. The van der Waals surface area contributed by atoms with E-state index in [1.54, 1.807) is 42.5 Å². The first-order chi connectivity index (χ1) is 13.6. The van der Waals surface area contributed by atoms with E-state index in [0.717, 1.165) is 0 Å². The van der Waals surface area contributed by atoms with E-state index in [-0.39, 0.29) is 5.78 Å². The second-order valence-electron chi connectivity index (χ2n) is 5.66. The first-order valence-corrected chi connectivity index (χ1v) is 8.62. The van der Waals surface area contributed by atoms with E-state index in [1.165, 1.54) is 38.7 Å². The average Bonchev–Trinajstić information content (AvgIpc) is 3.25. The number of hydrogen-bond donors (Lipinski definition) is 0. The topological polar surface area (TPSA) is 75.5 Å². The fourth-order valence-corrected chi connectivity index (χ4v) is 2.79. The molecular formula is C20H18ClN3O4. The zero-order valence-corrected chi connectivity index (χ0v) is 16.3. The third-order valence-electron chi connectivity index (χ3n) is 4.00. The number of carbonyl (C=O) groups excluding carboxylic acids is 1. The summed E-state index contributed by atoms with van der Waals surface area (Å²) in [5, 5.41) is 4.65. The summed E-state index contributed by atoms with van der Waals surface area (Å²) in [6.45, 7) is 0. The molecule has 0 fully saturated rings. The van der Waals surface area contributed by atoms with Crippen LogP contribution in [0, 0.1) is 0 Å². The first-order valence-electron chi connectivity index (χ1n) is 8.24. The summed E-state index contributed by atoms with van der Waals surface area (Å²) in [7, 11) is 4.59. The molecule has 1 aromatic heterocycles. The molecule has 0 spiro atoms. The number of benzene rings is 2. The lowest BCUT2D eigenvalue weighted by Gasteiger charge is -2.13. The molecule has 28 heavy (non-hydrogen) atoms. The smallest absolute Gasteiger partial charge is 0.211 e. The van der Waals surface area contributed by atoms with Crippen LogP contribution in [-0.4, -0.2) is 41.9 Å². The lowest BCUT2D eigenvalue weighted by Crippen LogP contribution is -2.10. The normalized spacial score (nSPS) is 11.2. The van der Waals surface area contributed by atoms with Crippen LogP contribution in [-0.2, 0) is 0 Å². The number of nitrogens with zero attached hydrogens (tertiary/aromatic N) is 3. The zero-order valence-electron chi connectivity index (χ0n) is 15.5. The van der Waals surface area contributed by atoms with Crippen molar-refractivity contribution in [2.24, 2.45) is 0 Å². The Morgan fingerprint density at radius 2 is 1.68 bits per heavy atom. The van der Waals surface area contributed by atoms with Crippen molar-refractivity contribution in [3.8, 4) is 17.2 Å². The van der Waals surface area contributed by atoms with Gasteiger partial charge in [-0.05, 0) is 48.0 Å². The van der Waals surface area contributed by atoms with Gasteiger partial charge in [0.1, 0.15) is 18.4 Å². The summed E-state index contributed by atoms with van der Waals surface area (Å²) >= 11 is 5.93. The molecule has 1 heterocycles. The number of aromatic nitrogens is 3. The van der Waals surface area contributed by atoms with Crippen LogP contribution < -0.4 is 14.2 Å². The van der Waals surface area contributed by atoms with Crippen LogP contribution in [0.5, 0.6) is 17.2 Å². The van der Waals surface area contributed by atoms with Gasteiger partial charge in [-0.15, -0.1) is 0 Å². The third kappa shape index (κ3) is 3.99. The maximum Gasteiger partial charge on any atom is 0.211 e. The SMILES string of the molecule is COc1cc(/C=C(\C(=O)c2ccc(Cl)cc2)n2cncn2)cc(OC)c1OC. The van der Waals surface area contributed by atoms with Crippen molar-refractivity contribution in [1.82, 2.24) is 14.8 Å². The van der Waals surface area contributed by atoms with E-state index in [9.17, 15) is 4.79 Å². The van der Waals surface area contributed by atoms with Crippen molar-refractivity contribution in [1.29, 1.82) is 0 Å². The molecule has 3 rings (SSSR count). The van der Waals surface area contributed by atoms with Crippen LogP contribution in [0.4, 0.5) is 0 Å². The largest absolute Gasteiger partial charge is 0.493 e. The predicted molar refractivity (Wildman–Crippen MR) is 106 cm³/mol. The van der Waals surface area contributed by atoms with E-state index >= 15 is 0 Å². The second-order valence-corrected chi connectivity index (χ2v) is 6.10. The van der Waals surface area contributed by atoms with Gasteiger partial charge in [0, 0.05) is 10.6 Å². The molecule has 3 aromatic rings. The van der Waals surface area contributed by atoms with Gasteiger partial charge in [0.15, 0.2) is 11.5 Å². The fourth-order valence-electron chi connectivity index (χ4n) is 2.66. The molecule has 0 aliphatic rings. The number of allylic oxidation sites excluding steroid dienone is 1. The quantitative estimate of drug-likeness (QED) is 0.444. The lowest BCUT2D eigenvalue weighted by atomic mass is 10.1. The summed E-state index contributed by atoms with van der Waals surface area (Å²) in [5.41, 5.74) is 1.44. The average molecular weight is 400 g/mol. The van der Waals surface area contributed by atoms with E-state index in [0.29, 0.717) is 39.1 Å². The molecular weight excluding hydrogens is 382 g/mol. The monoisotopic (exact) mass is 399 g/mol. The summed E-state index contributed by atoms with van der Waals surface area (Å²) in [6.07, 6.45) is 4.49. The Morgan fingerprint density at radius 3 is 2.18 bits per heavy atom. The van der Waals surface area contributed by atoms with E-state index in [2.05, 4.69) is 10.1 Å². The maximum absolute atomic E-state index is 13.1. The van der Waals surface area contributed by atoms with Gasteiger partial charge in [-0.1, -0.05) is 11.6 Å². The van der Waals surface area contributed by atoms with Gasteiger partial charge in [0.2, 0.25) is 11.5 Å². The van der Waals surface area contributed by atoms with Crippen LogP contribution in [0.15, 0.2) is 49.1 Å². The molecule has 8 heteroatoms. The highest BCUT2D eigenvalue weighted by Gasteiger charge is 2.18. The number of Topliss-reactive ketones (excluding diaryl/α,β-unsaturated/α-hetero) is 1. The number of carbonyl (C=O) groups is 1. The second kappa shape index (κ2) is 8.58. The molecule has 0 saturated heterocycles. The minimum absolute atomic E-state index is 0.240. The number of methoxy groups -OCH3 is 3. The summed E-state index contributed by atoms with van der Waals surface area (Å²) in [4.78, 5) is 17.0. The molecule has 0 amide bonds. The van der Waals surface area contributed by atoms with Gasteiger partial charge in [-0.25, -0.2) is 9.67 Å². The van der Waals surface area contributed by atoms with Crippen LogP contribution >= 0.6 is 11.6 Å². The third-order valence-corrected chi connectivity index (χ3v) is 4.25. The van der Waals surface area contributed by atoms with Crippen molar-refractivity contribution >= 4 is 29.2 Å². The molecule has 0 bridgehead atoms. The molecule has 0 N–H and O–H groups in total. The van der Waals surface area contributed by atoms with Gasteiger partial charge in [0.25, 0.3) is 0 Å². The Hall–Kier alpha value is -3.32. The minimum atomic E-state index is -0.240. The number of ether oxygens (including phenoxy) is 3. The number of halogens is 1. The van der Waals surface area contributed by atoms with Crippen molar-refractivity contribution in [2.45, 2.75) is 0 Å². The summed E-state index contributed by atoms with van der Waals surface area (Å²) < 4.78 is 17.5. The van der Waals surface area contributed by atoms with E-state index in [1.807, 2.05) is 0 Å². The van der Waals surface area contributed by atoms with Gasteiger partial charge in [-0.2, -0.15) is 5.10 Å². The Morgan fingerprint density at radius 1 is 1.04 bits per heavy atom. The Balaban J connectivity index is 2.12. The van der Waals surface area contributed by atoms with Crippen molar-refractivity contribution in [3.63, 3.8) is 0 Å². The lowest BCUT2D eigenvalue weighted by molar-refractivity contribution is 0.105. The summed E-state index contributed by atoms with van der Waals surface area (Å²) in [5.74, 6) is 1.18. The zero-order chi connectivity index (χ0) is 20.1. The predicted octanol–water partition coefficient (Wildman–Crippen LogP) is 3.84. The Kier molecular flexibility index (Phi) is 5.96. The Bertz CT molecular complexity index is 974. The highest BCUT2D eigenvalue weighted by Crippen LogP contribution is 2.39. The standard InChI is InChI=1S/C20H18ClN3O4/c1-26-17-9-13(10-18(27-2)20(17)28-3)8-16(24-12-22-11-23-24)19(25)14-4-6-15(21)7-5-14/h4-12H,1-3H3/b16-8+. The molecule has 0 unspecified atom stereocenters. The molecule has 0 aliphatic heterocycles. The van der Waals surface area contributed by atoms with Crippen molar-refractivity contribution in [2.75, 3.05) is 21.3 Å². The van der Waals surface area contributed by atoms with Gasteiger partial charge < -0.3 is 14.2 Å².